The number of aliphatic hydroxyl groups is 1. The van der Waals surface area contributed by atoms with E-state index in [0.29, 0.717) is 4.90 Å². The summed E-state index contributed by atoms with van der Waals surface area (Å²) in [7, 11) is -3.14. The Hall–Kier alpha value is -0.910. The maximum Gasteiger partial charge on any atom is 0.178 e. The zero-order valence-electron chi connectivity index (χ0n) is 12.8. The molecule has 1 heterocycles. The molecule has 0 amide bonds. The highest BCUT2D eigenvalue weighted by molar-refractivity contribution is 7.91. The number of piperidine rings is 1. The van der Waals surface area contributed by atoms with E-state index in [1.807, 2.05) is 12.1 Å². The largest absolute Gasteiger partial charge is 0.393 e. The van der Waals surface area contributed by atoms with E-state index >= 15 is 0 Å². The van der Waals surface area contributed by atoms with Gasteiger partial charge in [-0.05, 0) is 43.5 Å². The first-order chi connectivity index (χ1) is 9.97. The second-order valence-corrected chi connectivity index (χ2v) is 7.98. The molecule has 1 aliphatic rings. The van der Waals surface area contributed by atoms with Gasteiger partial charge in [-0.25, -0.2) is 8.42 Å². The highest BCUT2D eigenvalue weighted by atomic mass is 32.2. The lowest BCUT2D eigenvalue weighted by Crippen LogP contribution is -2.39. The van der Waals surface area contributed by atoms with Crippen LogP contribution < -0.4 is 0 Å². The Balaban J connectivity index is 2.23. The second-order valence-electron chi connectivity index (χ2n) is 5.70. The molecule has 2 rings (SSSR count). The monoisotopic (exact) mass is 311 g/mol. The van der Waals surface area contributed by atoms with Crippen molar-refractivity contribution >= 4 is 9.84 Å². The van der Waals surface area contributed by atoms with E-state index in [2.05, 4.69) is 11.8 Å². The lowest BCUT2D eigenvalue weighted by Gasteiger charge is -2.38. The fourth-order valence-corrected chi connectivity index (χ4v) is 3.85. The molecule has 1 saturated heterocycles. The molecule has 1 aromatic carbocycles. The van der Waals surface area contributed by atoms with Crippen molar-refractivity contribution in [1.82, 2.24) is 4.90 Å². The van der Waals surface area contributed by atoms with Crippen LogP contribution >= 0.6 is 0 Å². The van der Waals surface area contributed by atoms with E-state index in [1.54, 1.807) is 19.1 Å². The number of nitrogens with zero attached hydrogens (tertiary/aromatic N) is 1. The number of hydrogen-bond acceptors (Lipinski definition) is 4. The first kappa shape index (κ1) is 16.5. The summed E-state index contributed by atoms with van der Waals surface area (Å²) in [4.78, 5) is 2.77. The molecule has 0 saturated carbocycles. The van der Waals surface area contributed by atoms with Gasteiger partial charge >= 0.3 is 0 Å². The van der Waals surface area contributed by atoms with Gasteiger partial charge < -0.3 is 5.11 Å². The van der Waals surface area contributed by atoms with Crippen LogP contribution in [0.15, 0.2) is 29.2 Å². The normalized spacial score (nSPS) is 24.1. The average molecular weight is 311 g/mol. The fraction of sp³-hybridized carbons (Fsp3) is 0.625. The predicted octanol–water partition coefficient (Wildman–Crippen LogP) is 2.39. The van der Waals surface area contributed by atoms with E-state index in [0.717, 1.165) is 37.9 Å². The van der Waals surface area contributed by atoms with Gasteiger partial charge in [-0.15, -0.1) is 0 Å². The Morgan fingerprint density at radius 3 is 2.48 bits per heavy atom. The van der Waals surface area contributed by atoms with Crippen LogP contribution in [0.1, 0.15) is 44.7 Å². The van der Waals surface area contributed by atoms with Crippen LogP contribution in [-0.4, -0.2) is 43.4 Å². The van der Waals surface area contributed by atoms with Gasteiger partial charge in [0.1, 0.15) is 0 Å². The molecule has 0 bridgehead atoms. The third-order valence-corrected chi connectivity index (χ3v) is 5.95. The molecule has 0 aromatic heterocycles. The average Bonchev–Trinajstić information content (AvgIpc) is 2.49. The van der Waals surface area contributed by atoms with Gasteiger partial charge in [-0.3, -0.25) is 4.90 Å². The van der Waals surface area contributed by atoms with Gasteiger partial charge in [-0.2, -0.15) is 0 Å². The summed E-state index contributed by atoms with van der Waals surface area (Å²) in [5.74, 6) is 0.121. The molecular weight excluding hydrogens is 286 g/mol. The second kappa shape index (κ2) is 6.90. The van der Waals surface area contributed by atoms with E-state index in [4.69, 9.17) is 0 Å². The predicted molar refractivity (Wildman–Crippen MR) is 84.0 cm³/mol. The van der Waals surface area contributed by atoms with Crippen molar-refractivity contribution in [1.29, 1.82) is 0 Å². The molecule has 118 valence electrons. The van der Waals surface area contributed by atoms with Crippen molar-refractivity contribution in [2.75, 3.05) is 18.8 Å². The number of rotatable bonds is 5. The molecular formula is C16H25NO3S. The summed E-state index contributed by atoms with van der Waals surface area (Å²) in [6.45, 7) is 5.71. The summed E-state index contributed by atoms with van der Waals surface area (Å²) in [5.41, 5.74) is 1.09. The van der Waals surface area contributed by atoms with Gasteiger partial charge in [0.2, 0.25) is 0 Å². The van der Waals surface area contributed by atoms with Crippen LogP contribution in [0, 0.1) is 0 Å². The molecule has 1 fully saturated rings. The Labute approximate surface area is 127 Å². The van der Waals surface area contributed by atoms with Gasteiger partial charge in [0, 0.05) is 12.6 Å². The molecule has 21 heavy (non-hydrogen) atoms. The number of sulfone groups is 1. The van der Waals surface area contributed by atoms with Crippen LogP contribution in [0.4, 0.5) is 0 Å². The maximum absolute atomic E-state index is 11.9. The first-order valence-corrected chi connectivity index (χ1v) is 9.38. The van der Waals surface area contributed by atoms with Gasteiger partial charge in [0.05, 0.1) is 16.8 Å². The SMILES string of the molecule is CCCN1CCC(O)CC1c1ccc(S(=O)(=O)CC)cc1. The zero-order chi connectivity index (χ0) is 15.5. The van der Waals surface area contributed by atoms with Gasteiger partial charge in [-0.1, -0.05) is 26.0 Å². The van der Waals surface area contributed by atoms with Crippen molar-refractivity contribution < 1.29 is 13.5 Å². The summed E-state index contributed by atoms with van der Waals surface area (Å²) >= 11 is 0. The minimum absolute atomic E-state index is 0.121. The quantitative estimate of drug-likeness (QED) is 0.907. The van der Waals surface area contributed by atoms with Crippen LogP contribution in [0.3, 0.4) is 0 Å². The minimum atomic E-state index is -3.14. The van der Waals surface area contributed by atoms with Crippen LogP contribution in [0.2, 0.25) is 0 Å². The van der Waals surface area contributed by atoms with Crippen LogP contribution in [0.25, 0.3) is 0 Å². The van der Waals surface area contributed by atoms with E-state index in [-0.39, 0.29) is 17.9 Å². The number of hydrogen-bond donors (Lipinski definition) is 1. The van der Waals surface area contributed by atoms with E-state index < -0.39 is 9.84 Å². The third-order valence-electron chi connectivity index (χ3n) is 4.20. The molecule has 2 atom stereocenters. The minimum Gasteiger partial charge on any atom is -0.393 e. The summed E-state index contributed by atoms with van der Waals surface area (Å²) in [6.07, 6.45) is 2.36. The molecule has 4 nitrogen and oxygen atoms in total. The van der Waals surface area contributed by atoms with Crippen LogP contribution in [0.5, 0.6) is 0 Å². The Bertz CT molecular complexity index is 553. The Morgan fingerprint density at radius 2 is 1.90 bits per heavy atom. The van der Waals surface area contributed by atoms with Crippen molar-refractivity contribution in [2.24, 2.45) is 0 Å². The summed E-state index contributed by atoms with van der Waals surface area (Å²) in [6, 6.07) is 7.37. The standard InChI is InChI=1S/C16H25NO3S/c1-3-10-17-11-9-14(18)12-16(17)13-5-7-15(8-6-13)21(19,20)4-2/h5-8,14,16,18H,3-4,9-12H2,1-2H3. The smallest absolute Gasteiger partial charge is 0.178 e. The van der Waals surface area contributed by atoms with Crippen molar-refractivity contribution in [2.45, 2.75) is 50.2 Å². The molecule has 0 radical (unpaired) electrons. The molecule has 0 aliphatic carbocycles. The molecule has 0 spiro atoms. The zero-order valence-corrected chi connectivity index (χ0v) is 13.6. The molecule has 1 N–H and O–H groups in total. The van der Waals surface area contributed by atoms with E-state index in [9.17, 15) is 13.5 Å². The summed E-state index contributed by atoms with van der Waals surface area (Å²) < 4.78 is 23.7. The lowest BCUT2D eigenvalue weighted by atomic mass is 9.93. The lowest BCUT2D eigenvalue weighted by molar-refractivity contribution is 0.0409. The number of benzene rings is 1. The van der Waals surface area contributed by atoms with E-state index in [1.165, 1.54) is 0 Å². The fourth-order valence-electron chi connectivity index (χ4n) is 2.96. The summed E-state index contributed by atoms with van der Waals surface area (Å²) in [5, 5.41) is 9.93. The molecule has 1 aromatic rings. The molecule has 2 unspecified atom stereocenters. The number of aliphatic hydroxyl groups excluding tert-OH is 1. The van der Waals surface area contributed by atoms with Gasteiger partial charge in [0.25, 0.3) is 0 Å². The van der Waals surface area contributed by atoms with Crippen LogP contribution in [-0.2, 0) is 9.84 Å². The third kappa shape index (κ3) is 3.84. The van der Waals surface area contributed by atoms with Crippen molar-refractivity contribution in [3.8, 4) is 0 Å². The molecule has 1 aliphatic heterocycles. The Kier molecular flexibility index (Phi) is 5.41. The number of likely N-dealkylation sites (tertiary alicyclic amines) is 1. The first-order valence-electron chi connectivity index (χ1n) is 7.72. The molecule has 5 heteroatoms. The maximum atomic E-state index is 11.9. The Morgan fingerprint density at radius 1 is 1.24 bits per heavy atom. The van der Waals surface area contributed by atoms with Crippen molar-refractivity contribution in [3.05, 3.63) is 29.8 Å². The highest BCUT2D eigenvalue weighted by Crippen LogP contribution is 2.31. The topological polar surface area (TPSA) is 57.6 Å². The van der Waals surface area contributed by atoms with Crippen molar-refractivity contribution in [3.63, 3.8) is 0 Å². The highest BCUT2D eigenvalue weighted by Gasteiger charge is 2.28. The van der Waals surface area contributed by atoms with Gasteiger partial charge in [0.15, 0.2) is 9.84 Å².